The molecule has 0 bridgehead atoms. The van der Waals surface area contributed by atoms with Gasteiger partial charge in [-0.3, -0.25) is 4.79 Å². The third-order valence-corrected chi connectivity index (χ3v) is 4.98. The molecule has 1 saturated carbocycles. The van der Waals surface area contributed by atoms with Crippen molar-refractivity contribution in [1.29, 1.82) is 0 Å². The number of nitrogens with one attached hydrogen (secondary N) is 1. The van der Waals surface area contributed by atoms with Crippen molar-refractivity contribution < 1.29 is 9.90 Å². The molecule has 0 aromatic heterocycles. The minimum absolute atomic E-state index is 0.0330. The highest BCUT2D eigenvalue weighted by Crippen LogP contribution is 2.28. The quantitative estimate of drug-likeness (QED) is 0.898. The first-order valence-corrected chi connectivity index (χ1v) is 8.60. The van der Waals surface area contributed by atoms with Gasteiger partial charge in [0.1, 0.15) is 0 Å². The van der Waals surface area contributed by atoms with E-state index >= 15 is 0 Å². The van der Waals surface area contributed by atoms with Crippen molar-refractivity contribution in [3.05, 3.63) is 48.0 Å². The van der Waals surface area contributed by atoms with Crippen molar-refractivity contribution in [2.75, 3.05) is 0 Å². The Bertz CT molecular complexity index is 677. The number of carbonyl (C=O) groups is 1. The third kappa shape index (κ3) is 3.73. The fourth-order valence-corrected chi connectivity index (χ4v) is 3.67. The van der Waals surface area contributed by atoms with Crippen LogP contribution in [0.5, 0.6) is 0 Å². The van der Waals surface area contributed by atoms with Crippen LogP contribution in [0, 0.1) is 5.92 Å². The Morgan fingerprint density at radius 1 is 1.17 bits per heavy atom. The highest BCUT2D eigenvalue weighted by molar-refractivity contribution is 5.86. The lowest BCUT2D eigenvalue weighted by atomic mass is 9.84. The van der Waals surface area contributed by atoms with Crippen LogP contribution in [-0.2, 0) is 4.79 Å². The first kappa shape index (κ1) is 16.0. The molecule has 0 unspecified atom stereocenters. The van der Waals surface area contributed by atoms with Gasteiger partial charge in [-0.2, -0.15) is 0 Å². The molecule has 3 heteroatoms. The topological polar surface area (TPSA) is 49.3 Å². The van der Waals surface area contributed by atoms with Crippen LogP contribution in [0.25, 0.3) is 10.8 Å². The molecule has 0 aliphatic heterocycles. The highest BCUT2D eigenvalue weighted by Gasteiger charge is 2.25. The Balaban J connectivity index is 1.68. The molecule has 1 amide bonds. The number of aliphatic hydroxyl groups excluding tert-OH is 1. The van der Waals surface area contributed by atoms with E-state index in [2.05, 4.69) is 29.6 Å². The molecular formula is C20H25NO2. The van der Waals surface area contributed by atoms with Crippen LogP contribution in [0.15, 0.2) is 42.5 Å². The maximum absolute atomic E-state index is 12.4. The van der Waals surface area contributed by atoms with Crippen LogP contribution >= 0.6 is 0 Å². The number of aliphatic hydroxyl groups is 1. The average molecular weight is 311 g/mol. The minimum atomic E-state index is -0.317. The van der Waals surface area contributed by atoms with Crippen molar-refractivity contribution in [1.82, 2.24) is 5.32 Å². The molecular weight excluding hydrogens is 286 g/mol. The zero-order chi connectivity index (χ0) is 16.2. The van der Waals surface area contributed by atoms with E-state index in [9.17, 15) is 9.90 Å². The number of hydrogen-bond acceptors (Lipinski definition) is 2. The SMILES string of the molecule is C[C@@H](NC(=O)C[C@@H]1CCCC[C@H]1O)c1cccc2ccccc12. The van der Waals surface area contributed by atoms with Gasteiger partial charge >= 0.3 is 0 Å². The van der Waals surface area contributed by atoms with Gasteiger partial charge in [-0.15, -0.1) is 0 Å². The second kappa shape index (κ2) is 7.14. The molecule has 122 valence electrons. The number of carbonyl (C=O) groups excluding carboxylic acids is 1. The van der Waals surface area contributed by atoms with E-state index in [4.69, 9.17) is 0 Å². The molecule has 1 fully saturated rings. The van der Waals surface area contributed by atoms with Crippen molar-refractivity contribution in [3.63, 3.8) is 0 Å². The molecule has 0 spiro atoms. The summed E-state index contributed by atoms with van der Waals surface area (Å²) in [5.74, 6) is 0.153. The van der Waals surface area contributed by atoms with Crippen molar-refractivity contribution in [2.45, 2.75) is 51.2 Å². The summed E-state index contributed by atoms with van der Waals surface area (Å²) in [4.78, 5) is 12.4. The van der Waals surface area contributed by atoms with E-state index in [0.29, 0.717) is 6.42 Å². The Hall–Kier alpha value is -1.87. The van der Waals surface area contributed by atoms with Crippen LogP contribution in [0.3, 0.4) is 0 Å². The summed E-state index contributed by atoms with van der Waals surface area (Å²) in [6.45, 7) is 2.02. The second-order valence-corrected chi connectivity index (χ2v) is 6.67. The van der Waals surface area contributed by atoms with E-state index in [1.807, 2.05) is 25.1 Å². The van der Waals surface area contributed by atoms with Gasteiger partial charge in [0.25, 0.3) is 0 Å². The molecule has 0 radical (unpaired) electrons. The average Bonchev–Trinajstić information content (AvgIpc) is 2.56. The van der Waals surface area contributed by atoms with Crippen LogP contribution in [0.4, 0.5) is 0 Å². The maximum Gasteiger partial charge on any atom is 0.220 e. The van der Waals surface area contributed by atoms with Gasteiger partial charge in [-0.25, -0.2) is 0 Å². The summed E-state index contributed by atoms with van der Waals surface area (Å²) in [5.41, 5.74) is 1.14. The van der Waals surface area contributed by atoms with Gasteiger partial charge in [0.05, 0.1) is 12.1 Å². The Labute approximate surface area is 137 Å². The van der Waals surface area contributed by atoms with Crippen molar-refractivity contribution in [3.8, 4) is 0 Å². The molecule has 2 N–H and O–H groups in total. The van der Waals surface area contributed by atoms with Gasteiger partial charge in [0.2, 0.25) is 5.91 Å². The van der Waals surface area contributed by atoms with Gasteiger partial charge in [-0.1, -0.05) is 55.3 Å². The van der Waals surface area contributed by atoms with Gasteiger partial charge in [0.15, 0.2) is 0 Å². The maximum atomic E-state index is 12.4. The molecule has 0 heterocycles. The molecule has 3 rings (SSSR count). The Morgan fingerprint density at radius 2 is 1.91 bits per heavy atom. The van der Waals surface area contributed by atoms with E-state index in [1.165, 1.54) is 10.8 Å². The number of fused-ring (bicyclic) bond motifs is 1. The van der Waals surface area contributed by atoms with Gasteiger partial charge in [0, 0.05) is 6.42 Å². The lowest BCUT2D eigenvalue weighted by Gasteiger charge is -2.27. The van der Waals surface area contributed by atoms with E-state index in [0.717, 1.165) is 31.2 Å². The molecule has 1 aliphatic carbocycles. The lowest BCUT2D eigenvalue weighted by molar-refractivity contribution is -0.124. The van der Waals surface area contributed by atoms with Gasteiger partial charge in [-0.05, 0) is 42.0 Å². The summed E-state index contributed by atoms with van der Waals surface area (Å²) in [6, 6.07) is 14.4. The molecule has 2 aromatic carbocycles. The number of amides is 1. The predicted octanol–water partition coefficient (Wildman–Crippen LogP) is 3.96. The molecule has 3 atom stereocenters. The fourth-order valence-electron chi connectivity index (χ4n) is 3.67. The van der Waals surface area contributed by atoms with Crippen LogP contribution < -0.4 is 5.32 Å². The Morgan fingerprint density at radius 3 is 2.74 bits per heavy atom. The van der Waals surface area contributed by atoms with E-state index in [1.54, 1.807) is 0 Å². The zero-order valence-electron chi connectivity index (χ0n) is 13.7. The minimum Gasteiger partial charge on any atom is -0.393 e. The molecule has 3 nitrogen and oxygen atoms in total. The number of benzene rings is 2. The highest BCUT2D eigenvalue weighted by atomic mass is 16.3. The summed E-state index contributed by atoms with van der Waals surface area (Å²) < 4.78 is 0. The first-order valence-electron chi connectivity index (χ1n) is 8.60. The monoisotopic (exact) mass is 311 g/mol. The van der Waals surface area contributed by atoms with Crippen molar-refractivity contribution in [2.24, 2.45) is 5.92 Å². The fraction of sp³-hybridized carbons (Fsp3) is 0.450. The summed E-state index contributed by atoms with van der Waals surface area (Å²) >= 11 is 0. The summed E-state index contributed by atoms with van der Waals surface area (Å²) in [7, 11) is 0. The Kier molecular flexibility index (Phi) is 4.97. The smallest absolute Gasteiger partial charge is 0.220 e. The van der Waals surface area contributed by atoms with E-state index < -0.39 is 0 Å². The largest absolute Gasteiger partial charge is 0.393 e. The number of rotatable bonds is 4. The van der Waals surface area contributed by atoms with Crippen LogP contribution in [0.2, 0.25) is 0 Å². The normalized spacial score (nSPS) is 22.7. The van der Waals surface area contributed by atoms with Gasteiger partial charge < -0.3 is 10.4 Å². The van der Waals surface area contributed by atoms with Crippen LogP contribution in [-0.4, -0.2) is 17.1 Å². The summed E-state index contributed by atoms with van der Waals surface area (Å²) in [6.07, 6.45) is 4.09. The number of hydrogen-bond donors (Lipinski definition) is 2. The third-order valence-electron chi connectivity index (χ3n) is 4.98. The van der Waals surface area contributed by atoms with E-state index in [-0.39, 0.29) is 24.0 Å². The molecule has 23 heavy (non-hydrogen) atoms. The molecule has 0 saturated heterocycles. The molecule has 1 aliphatic rings. The second-order valence-electron chi connectivity index (χ2n) is 6.67. The first-order chi connectivity index (χ1) is 11.1. The van der Waals surface area contributed by atoms with Crippen molar-refractivity contribution >= 4 is 16.7 Å². The van der Waals surface area contributed by atoms with Crippen LogP contribution in [0.1, 0.15) is 50.6 Å². The lowest BCUT2D eigenvalue weighted by Crippen LogP contribution is -2.33. The zero-order valence-corrected chi connectivity index (χ0v) is 13.7. The predicted molar refractivity (Wildman–Crippen MR) is 93.1 cm³/mol. The molecule has 2 aromatic rings. The standard InChI is InChI=1S/C20H25NO2/c1-14(17-11-6-9-15-7-2-4-10-18(15)17)21-20(23)13-16-8-3-5-12-19(16)22/h2,4,6-7,9-11,14,16,19,22H,3,5,8,12-13H2,1H3,(H,21,23)/t14-,16+,19-/m1/s1. The summed E-state index contributed by atoms with van der Waals surface area (Å²) in [5, 5.41) is 15.5.